The molecule has 424 valence electrons. The van der Waals surface area contributed by atoms with Crippen molar-refractivity contribution < 1.29 is 97.0 Å². The number of rotatable bonds is 24. The molecule has 0 aliphatic carbocycles. The lowest BCUT2D eigenvalue weighted by Gasteiger charge is -2.27. The molecule has 0 saturated carbocycles. The zero-order valence-corrected chi connectivity index (χ0v) is 41.4. The molecule has 1 unspecified atom stereocenters. The van der Waals surface area contributed by atoms with Gasteiger partial charge in [0, 0.05) is 28.8 Å². The van der Waals surface area contributed by atoms with Gasteiger partial charge in [0.25, 0.3) is 11.8 Å². The summed E-state index contributed by atoms with van der Waals surface area (Å²) in [5.41, 5.74) is -6.35. The van der Waals surface area contributed by atoms with Gasteiger partial charge in [-0.15, -0.1) is 5.10 Å². The van der Waals surface area contributed by atoms with Crippen molar-refractivity contribution in [2.24, 2.45) is 0 Å². The van der Waals surface area contributed by atoms with E-state index in [1.54, 1.807) is 12.3 Å². The highest BCUT2D eigenvalue weighted by atomic mass is 19.4. The smallest absolute Gasteiger partial charge is 0.435 e. The number of carbonyl (C=O) groups excluding carboxylic acids is 5. The highest BCUT2D eigenvalue weighted by molar-refractivity contribution is 6.24. The molecule has 29 heteroatoms. The summed E-state index contributed by atoms with van der Waals surface area (Å²) in [6.45, 7) is 0.813. The Labute approximate surface area is 446 Å². The summed E-state index contributed by atoms with van der Waals surface area (Å²) in [6.07, 6.45) is -13.8. The highest BCUT2D eigenvalue weighted by Gasteiger charge is 2.46. The first-order valence-electron chi connectivity index (χ1n) is 24.0. The number of fused-ring (bicyclic) bond motifs is 1. The van der Waals surface area contributed by atoms with Crippen molar-refractivity contribution in [3.05, 3.63) is 124 Å². The molecule has 1 atom stereocenters. The van der Waals surface area contributed by atoms with Gasteiger partial charge in [0.1, 0.15) is 48.8 Å². The van der Waals surface area contributed by atoms with E-state index in [9.17, 15) is 68.6 Å². The number of nitrogens with zero attached hydrogens (tertiary/aromatic N) is 5. The number of phenols is 1. The van der Waals surface area contributed by atoms with Crippen LogP contribution in [0.25, 0.3) is 22.4 Å². The number of amides is 5. The highest BCUT2D eigenvalue weighted by Crippen LogP contribution is 2.45. The lowest BCUT2D eigenvalue weighted by Crippen LogP contribution is -2.54. The summed E-state index contributed by atoms with van der Waals surface area (Å²) < 4.78 is 158. The monoisotopic (exact) mass is 1130 g/mol. The maximum atomic E-state index is 13.9. The molecule has 20 nitrogen and oxygen atoms in total. The van der Waals surface area contributed by atoms with Gasteiger partial charge in [0.15, 0.2) is 5.69 Å². The van der Waals surface area contributed by atoms with Gasteiger partial charge in [0.2, 0.25) is 17.7 Å². The molecule has 2 aliphatic heterocycles. The van der Waals surface area contributed by atoms with Crippen molar-refractivity contribution in [3.63, 3.8) is 0 Å². The van der Waals surface area contributed by atoms with E-state index in [-0.39, 0.29) is 107 Å². The second-order valence-electron chi connectivity index (χ2n) is 17.6. The van der Waals surface area contributed by atoms with Crippen LogP contribution in [0.3, 0.4) is 0 Å². The first kappa shape index (κ1) is 57.8. The van der Waals surface area contributed by atoms with Crippen LogP contribution in [-0.4, -0.2) is 124 Å². The van der Waals surface area contributed by atoms with Gasteiger partial charge in [-0.05, 0) is 78.7 Å². The van der Waals surface area contributed by atoms with Crippen molar-refractivity contribution in [2.45, 2.75) is 57.2 Å². The molecule has 1 fully saturated rings. The number of halogens is 9. The Bertz CT molecular complexity index is 3200. The van der Waals surface area contributed by atoms with Gasteiger partial charge in [-0.2, -0.15) is 44.6 Å². The maximum Gasteiger partial charge on any atom is 0.435 e. The topological polar surface area (TPSA) is 248 Å². The van der Waals surface area contributed by atoms with Crippen LogP contribution in [0.2, 0.25) is 0 Å². The quantitative estimate of drug-likeness (QED) is 0.0263. The number of anilines is 1. The van der Waals surface area contributed by atoms with Gasteiger partial charge in [0.05, 0.1) is 86.9 Å². The molecule has 4 N–H and O–H groups in total. The van der Waals surface area contributed by atoms with E-state index in [4.69, 9.17) is 28.4 Å². The van der Waals surface area contributed by atoms with E-state index >= 15 is 0 Å². The second-order valence-corrected chi connectivity index (χ2v) is 17.6. The minimum Gasteiger partial charge on any atom is -0.507 e. The maximum absolute atomic E-state index is 13.9. The van der Waals surface area contributed by atoms with Crippen LogP contribution in [-0.2, 0) is 71.6 Å². The van der Waals surface area contributed by atoms with Crippen LogP contribution in [0.1, 0.15) is 61.6 Å². The third-order valence-electron chi connectivity index (χ3n) is 12.0. The summed E-state index contributed by atoms with van der Waals surface area (Å²) in [7, 11) is 0. The number of ether oxygens (including phenoxy) is 6. The molecule has 8 rings (SSSR count). The number of aromatic nitrogens is 5. The van der Waals surface area contributed by atoms with Crippen molar-refractivity contribution in [2.75, 3.05) is 58.2 Å². The number of nitrogens with one attached hydrogen (secondary N) is 3. The molecule has 4 heterocycles. The molecule has 0 radical (unpaired) electrons. The van der Waals surface area contributed by atoms with Gasteiger partial charge in [-0.1, -0.05) is 17.3 Å². The third-order valence-corrected chi connectivity index (χ3v) is 12.0. The van der Waals surface area contributed by atoms with Gasteiger partial charge < -0.3 is 38.8 Å². The summed E-state index contributed by atoms with van der Waals surface area (Å²) in [5.74, 6) is -3.82. The first-order valence-corrected chi connectivity index (χ1v) is 24.0. The van der Waals surface area contributed by atoms with Crippen LogP contribution >= 0.6 is 0 Å². The van der Waals surface area contributed by atoms with Crippen LogP contribution in [0.15, 0.2) is 85.1 Å². The largest absolute Gasteiger partial charge is 0.507 e. The summed E-state index contributed by atoms with van der Waals surface area (Å²) in [5, 5.41) is 29.4. The minimum absolute atomic E-state index is 0.00775. The van der Waals surface area contributed by atoms with E-state index < -0.39 is 106 Å². The van der Waals surface area contributed by atoms with E-state index in [0.717, 1.165) is 17.0 Å². The summed E-state index contributed by atoms with van der Waals surface area (Å²) >= 11 is 0. The fourth-order valence-corrected chi connectivity index (χ4v) is 8.24. The molecule has 2 aromatic heterocycles. The molecule has 4 aromatic carbocycles. The van der Waals surface area contributed by atoms with E-state index in [2.05, 4.69) is 31.1 Å². The number of hydrogen-bond donors (Lipinski definition) is 4. The Balaban J connectivity index is 0.707. The first-order chi connectivity index (χ1) is 38.0. The number of aromatic hydroxyl groups is 1. The minimum atomic E-state index is -5.26. The van der Waals surface area contributed by atoms with Gasteiger partial charge in [-0.3, -0.25) is 39.3 Å². The number of phenolic OH excluding ortho intramolecular Hbond substituents is 1. The molecular formula is C51H45F9N8O12. The zero-order chi connectivity index (χ0) is 57.4. The summed E-state index contributed by atoms with van der Waals surface area (Å²) in [6, 6.07) is 12.4. The Morgan fingerprint density at radius 3 is 2.01 bits per heavy atom. The van der Waals surface area contributed by atoms with Crippen molar-refractivity contribution in [1.29, 1.82) is 0 Å². The molecule has 5 amide bonds. The number of imide groups is 2. The number of piperidine rings is 1. The molecule has 80 heavy (non-hydrogen) atoms. The fraction of sp³-hybridized carbons (Fsp3) is 0.333. The predicted octanol–water partition coefficient (Wildman–Crippen LogP) is 7.36. The van der Waals surface area contributed by atoms with E-state index in [0.29, 0.717) is 36.1 Å². The summed E-state index contributed by atoms with van der Waals surface area (Å²) in [4.78, 5) is 63.7. The SMILES string of the molecule is O=C1CCC(N2C(=O)c3cccc(OCc4cn(CCOCCOCCOCCOCC(=O)Nc5ccc(OCc6ccc(-c7cc(C(F)(F)F)n[nH]7)c(O)c6-c6cc(C(F)(F)F)cc(C(F)(F)F)c6)cc5)nn4)c3C2=O)C(=O)N1. The number of H-pyrrole nitrogens is 1. The predicted molar refractivity (Wildman–Crippen MR) is 256 cm³/mol. The van der Waals surface area contributed by atoms with E-state index in [1.165, 1.54) is 41.1 Å². The number of benzene rings is 4. The Hall–Kier alpha value is -8.41. The van der Waals surface area contributed by atoms with Crippen LogP contribution < -0.4 is 20.1 Å². The van der Waals surface area contributed by atoms with Crippen molar-refractivity contribution in [1.82, 2.24) is 35.4 Å². The van der Waals surface area contributed by atoms with E-state index in [1.807, 2.05) is 0 Å². The molecule has 6 aromatic rings. The number of hydrogen-bond acceptors (Lipinski definition) is 15. The van der Waals surface area contributed by atoms with Crippen LogP contribution in [0, 0.1) is 0 Å². The second kappa shape index (κ2) is 24.7. The standard InChI is InChI=1S/C51H45F9N8O12/c52-49(53,54)30-20-29(21-31(22-30)50(55,56)57)43-28(4-9-35(45(43)71)37-23-40(65-64-37)51(58,59)60)25-79-34-7-5-32(6-8-34)61-42(70)27-78-19-18-77-17-16-76-15-14-75-13-12-67-24-33(63-66-67)26-80-39-3-1-2-36-44(39)48(74)68(47(36)73)38-10-11-41(69)62-46(38)72/h1-9,20-24,38,71H,10-19,25-27H2,(H,61,70)(H,64,65)(H,62,69,72). The average molecular weight is 1130 g/mol. The molecule has 0 bridgehead atoms. The lowest BCUT2D eigenvalue weighted by molar-refractivity contribution is -0.143. The van der Waals surface area contributed by atoms with Gasteiger partial charge in [-0.25, -0.2) is 4.68 Å². The molecule has 0 spiro atoms. The zero-order valence-electron chi connectivity index (χ0n) is 41.4. The lowest BCUT2D eigenvalue weighted by atomic mass is 9.92. The Morgan fingerprint density at radius 1 is 0.713 bits per heavy atom. The molecule has 1 saturated heterocycles. The van der Waals surface area contributed by atoms with Crippen LogP contribution in [0.5, 0.6) is 17.2 Å². The normalized spacial score (nSPS) is 14.9. The van der Waals surface area contributed by atoms with Gasteiger partial charge >= 0.3 is 18.5 Å². The fourth-order valence-electron chi connectivity index (χ4n) is 8.24. The Morgan fingerprint density at radius 2 is 1.38 bits per heavy atom. The Kier molecular flexibility index (Phi) is 17.8. The van der Waals surface area contributed by atoms with Crippen LogP contribution in [0.4, 0.5) is 45.2 Å². The third kappa shape index (κ3) is 14.2. The number of alkyl halides is 9. The van der Waals surface area contributed by atoms with Crippen molar-refractivity contribution in [3.8, 4) is 39.6 Å². The number of aromatic amines is 1. The average Bonchev–Trinajstić information content (AvgIpc) is 4.24. The van der Waals surface area contributed by atoms with Crippen molar-refractivity contribution >= 4 is 35.2 Å². The molecular weight excluding hydrogens is 1090 g/mol. The number of carbonyl (C=O) groups is 5. The molecule has 2 aliphatic rings.